The van der Waals surface area contributed by atoms with Crippen molar-refractivity contribution in [1.82, 2.24) is 0 Å². The first-order valence-electron chi connectivity index (χ1n) is 4.91. The number of nitrogens with two attached hydrogens (primary N) is 1. The third kappa shape index (κ3) is 4.08. The molecule has 0 heterocycles. The number of hydrogen-bond acceptors (Lipinski definition) is 2. The minimum Gasteiger partial charge on any atom is -0.496 e. The van der Waals surface area contributed by atoms with Crippen LogP contribution in [0.1, 0.15) is 5.56 Å². The maximum absolute atomic E-state index is 5.92. The van der Waals surface area contributed by atoms with Gasteiger partial charge in [-0.15, -0.1) is 0 Å². The molecule has 0 aromatic heterocycles. The highest BCUT2D eigenvalue weighted by Gasteiger charge is 2.05. The van der Waals surface area contributed by atoms with Crippen molar-refractivity contribution in [3.05, 3.63) is 28.8 Å². The van der Waals surface area contributed by atoms with Gasteiger partial charge in [-0.3, -0.25) is 0 Å². The van der Waals surface area contributed by atoms with Crippen molar-refractivity contribution in [3.63, 3.8) is 0 Å². The lowest BCUT2D eigenvalue weighted by Gasteiger charge is -2.07. The minimum atomic E-state index is 0.742. The summed E-state index contributed by atoms with van der Waals surface area (Å²) in [5.41, 5.74) is 1.11. The zero-order chi connectivity index (χ0) is 11.1. The fourth-order valence-electron chi connectivity index (χ4n) is 1.37. The van der Waals surface area contributed by atoms with E-state index in [2.05, 4.69) is 5.32 Å². The van der Waals surface area contributed by atoms with Gasteiger partial charge < -0.3 is 14.8 Å². The van der Waals surface area contributed by atoms with Crippen LogP contribution in [0.5, 0.6) is 5.75 Å². The number of methoxy groups -OCH3 is 2. The Hall–Kier alpha value is -0.770. The van der Waals surface area contributed by atoms with E-state index in [0.717, 1.165) is 36.0 Å². The molecule has 0 saturated carbocycles. The summed E-state index contributed by atoms with van der Waals surface area (Å²) >= 11 is 5.92. The summed E-state index contributed by atoms with van der Waals surface area (Å²) in [5.74, 6) is 0.882. The highest BCUT2D eigenvalue weighted by molar-refractivity contribution is 6.30. The monoisotopic (exact) mass is 230 g/mol. The van der Waals surface area contributed by atoms with Crippen molar-refractivity contribution < 1.29 is 14.8 Å². The van der Waals surface area contributed by atoms with Gasteiger partial charge in [-0.2, -0.15) is 0 Å². The molecule has 0 atom stereocenters. The van der Waals surface area contributed by atoms with Crippen LogP contribution in [0.3, 0.4) is 0 Å². The van der Waals surface area contributed by atoms with Crippen LogP contribution in [0.25, 0.3) is 0 Å². The first kappa shape index (κ1) is 12.3. The first-order valence-corrected chi connectivity index (χ1v) is 5.28. The summed E-state index contributed by atoms with van der Waals surface area (Å²) in [5, 5.41) is 2.91. The van der Waals surface area contributed by atoms with Crippen molar-refractivity contribution in [2.75, 3.05) is 27.4 Å². The highest BCUT2D eigenvalue weighted by Crippen LogP contribution is 2.21. The Morgan fingerprint density at radius 3 is 2.80 bits per heavy atom. The number of hydrogen-bond donors (Lipinski definition) is 1. The Kier molecular flexibility index (Phi) is 5.47. The molecule has 0 amide bonds. The van der Waals surface area contributed by atoms with Crippen molar-refractivity contribution in [2.24, 2.45) is 0 Å². The van der Waals surface area contributed by atoms with Gasteiger partial charge in [-0.1, -0.05) is 11.6 Å². The van der Waals surface area contributed by atoms with Crippen LogP contribution >= 0.6 is 11.6 Å². The van der Waals surface area contributed by atoms with Gasteiger partial charge in [0, 0.05) is 17.7 Å². The van der Waals surface area contributed by atoms with E-state index >= 15 is 0 Å². The summed E-state index contributed by atoms with van der Waals surface area (Å²) < 4.78 is 10.2. The summed E-state index contributed by atoms with van der Waals surface area (Å²) in [4.78, 5) is 0. The Bertz CT molecular complexity index is 305. The molecule has 1 aromatic carbocycles. The Morgan fingerprint density at radius 2 is 2.13 bits per heavy atom. The molecule has 0 aliphatic carbocycles. The third-order valence-electron chi connectivity index (χ3n) is 2.13. The molecule has 0 radical (unpaired) electrons. The summed E-state index contributed by atoms with van der Waals surface area (Å²) in [6, 6.07) is 5.66. The molecule has 2 N–H and O–H groups in total. The maximum Gasteiger partial charge on any atom is 0.127 e. The van der Waals surface area contributed by atoms with Crippen molar-refractivity contribution in [2.45, 2.75) is 6.54 Å². The van der Waals surface area contributed by atoms with E-state index in [4.69, 9.17) is 21.1 Å². The molecular weight excluding hydrogens is 214 g/mol. The summed E-state index contributed by atoms with van der Waals surface area (Å²) in [7, 11) is 3.37. The lowest BCUT2D eigenvalue weighted by molar-refractivity contribution is -0.671. The number of rotatable bonds is 6. The van der Waals surface area contributed by atoms with E-state index in [1.54, 1.807) is 14.2 Å². The Balaban J connectivity index is 2.54. The third-order valence-corrected chi connectivity index (χ3v) is 2.37. The van der Waals surface area contributed by atoms with Crippen LogP contribution in [0.4, 0.5) is 0 Å². The van der Waals surface area contributed by atoms with E-state index in [0.29, 0.717) is 0 Å². The molecule has 0 bridgehead atoms. The van der Waals surface area contributed by atoms with Gasteiger partial charge in [0.1, 0.15) is 12.3 Å². The molecule has 1 rings (SSSR count). The van der Waals surface area contributed by atoms with Crippen molar-refractivity contribution in [1.29, 1.82) is 0 Å². The molecule has 1 aromatic rings. The molecule has 0 unspecified atom stereocenters. The predicted octanol–water partition coefficient (Wildman–Crippen LogP) is 1.06. The smallest absolute Gasteiger partial charge is 0.127 e. The molecule has 0 spiro atoms. The lowest BCUT2D eigenvalue weighted by Crippen LogP contribution is -2.83. The topological polar surface area (TPSA) is 35.1 Å². The molecule has 0 aliphatic rings. The fourth-order valence-corrected chi connectivity index (χ4v) is 1.56. The maximum atomic E-state index is 5.92. The normalized spacial score (nSPS) is 10.3. The van der Waals surface area contributed by atoms with Crippen LogP contribution < -0.4 is 10.1 Å². The summed E-state index contributed by atoms with van der Waals surface area (Å²) in [6.45, 7) is 2.54. The number of benzene rings is 1. The average molecular weight is 231 g/mol. The zero-order valence-electron chi connectivity index (χ0n) is 9.13. The second kappa shape index (κ2) is 6.67. The zero-order valence-corrected chi connectivity index (χ0v) is 9.88. The van der Waals surface area contributed by atoms with E-state index in [1.807, 2.05) is 18.2 Å². The molecule has 0 saturated heterocycles. The van der Waals surface area contributed by atoms with E-state index in [-0.39, 0.29) is 0 Å². The lowest BCUT2D eigenvalue weighted by atomic mass is 10.2. The van der Waals surface area contributed by atoms with Crippen LogP contribution in [-0.4, -0.2) is 27.4 Å². The molecular formula is C11H17ClNO2+. The van der Waals surface area contributed by atoms with Crippen LogP contribution in [0.15, 0.2) is 18.2 Å². The second-order valence-corrected chi connectivity index (χ2v) is 3.67. The average Bonchev–Trinajstić information content (AvgIpc) is 2.25. The SMILES string of the molecule is COCC[NH2+]Cc1cc(Cl)ccc1OC. The number of quaternary nitrogens is 1. The van der Waals surface area contributed by atoms with Gasteiger partial charge in [0.05, 0.1) is 20.3 Å². The molecule has 0 aliphatic heterocycles. The molecule has 0 fully saturated rings. The van der Waals surface area contributed by atoms with Crippen LogP contribution in [-0.2, 0) is 11.3 Å². The molecule has 3 nitrogen and oxygen atoms in total. The largest absolute Gasteiger partial charge is 0.496 e. The van der Waals surface area contributed by atoms with Crippen molar-refractivity contribution in [3.8, 4) is 5.75 Å². The van der Waals surface area contributed by atoms with Gasteiger partial charge in [0.2, 0.25) is 0 Å². The second-order valence-electron chi connectivity index (χ2n) is 3.23. The standard InChI is InChI=1S/C11H16ClNO2/c1-14-6-5-13-8-9-7-10(12)3-4-11(9)15-2/h3-4,7,13H,5-6,8H2,1-2H3/p+1. The molecule has 84 valence electrons. The van der Waals surface area contributed by atoms with Gasteiger partial charge in [-0.05, 0) is 18.2 Å². The van der Waals surface area contributed by atoms with Gasteiger partial charge >= 0.3 is 0 Å². The van der Waals surface area contributed by atoms with Crippen LogP contribution in [0, 0.1) is 0 Å². The van der Waals surface area contributed by atoms with E-state index in [1.165, 1.54) is 0 Å². The Morgan fingerprint density at radius 1 is 1.33 bits per heavy atom. The first-order chi connectivity index (χ1) is 7.27. The van der Waals surface area contributed by atoms with E-state index < -0.39 is 0 Å². The van der Waals surface area contributed by atoms with Crippen LogP contribution in [0.2, 0.25) is 5.02 Å². The predicted molar refractivity (Wildman–Crippen MR) is 60.4 cm³/mol. The van der Waals surface area contributed by atoms with Gasteiger partial charge in [0.15, 0.2) is 0 Å². The van der Waals surface area contributed by atoms with E-state index in [9.17, 15) is 0 Å². The fraction of sp³-hybridized carbons (Fsp3) is 0.455. The number of ether oxygens (including phenoxy) is 2. The minimum absolute atomic E-state index is 0.742. The quantitative estimate of drug-likeness (QED) is 0.742. The van der Waals surface area contributed by atoms with Crippen molar-refractivity contribution >= 4 is 11.6 Å². The Labute approximate surface area is 95.3 Å². The number of halogens is 1. The van der Waals surface area contributed by atoms with Gasteiger partial charge in [0.25, 0.3) is 0 Å². The summed E-state index contributed by atoms with van der Waals surface area (Å²) in [6.07, 6.45) is 0. The molecule has 4 heteroatoms. The highest BCUT2D eigenvalue weighted by atomic mass is 35.5. The molecule has 15 heavy (non-hydrogen) atoms. The van der Waals surface area contributed by atoms with Gasteiger partial charge in [-0.25, -0.2) is 0 Å².